The molecule has 0 atom stereocenters. The van der Waals surface area contributed by atoms with Crippen LogP contribution in [0.5, 0.6) is 0 Å². The van der Waals surface area contributed by atoms with E-state index < -0.39 is 0 Å². The number of tetrazole rings is 1. The quantitative estimate of drug-likeness (QED) is 0.640. The summed E-state index contributed by atoms with van der Waals surface area (Å²) in [5.74, 6) is 1.01. The van der Waals surface area contributed by atoms with Crippen molar-refractivity contribution in [3.63, 3.8) is 0 Å². The number of aromatic nitrogens is 7. The summed E-state index contributed by atoms with van der Waals surface area (Å²) in [6.07, 6.45) is 0. The molecule has 0 aliphatic rings. The third-order valence-electron chi connectivity index (χ3n) is 1.86. The van der Waals surface area contributed by atoms with Gasteiger partial charge >= 0.3 is 0 Å². The fraction of sp³-hybridized carbons (Fsp3) is 0.500. The van der Waals surface area contributed by atoms with Crippen LogP contribution in [0.3, 0.4) is 0 Å². The Morgan fingerprint density at radius 2 is 2.07 bits per heavy atom. The van der Waals surface area contributed by atoms with Gasteiger partial charge in [0.05, 0.1) is 12.7 Å². The van der Waals surface area contributed by atoms with Gasteiger partial charge in [0.1, 0.15) is 6.54 Å². The third-order valence-corrected chi connectivity index (χ3v) is 1.86. The number of anilines is 1. The molecule has 0 aliphatic heterocycles. The average Bonchev–Trinajstić information content (AvgIpc) is 2.67. The molecule has 0 bridgehead atoms. The number of aryl methyl sites for hydroxylation is 1. The second kappa shape index (κ2) is 3.05. The molecule has 0 unspecified atom stereocenters. The number of hydrogen-bond acceptors (Lipinski definition) is 6. The van der Waals surface area contributed by atoms with Gasteiger partial charge in [-0.3, -0.25) is 0 Å². The molecule has 2 heterocycles. The number of hydrogen-bond donors (Lipinski definition) is 1. The molecule has 0 aromatic carbocycles. The maximum absolute atomic E-state index is 5.54. The fourth-order valence-electron chi connectivity index (χ4n) is 1.04. The molecule has 2 rings (SSSR count). The SMILES string of the molecule is Cc1c(N)nnn1Cc1nnn(C)n1. The lowest BCUT2D eigenvalue weighted by Gasteiger charge is -1.97. The second-order valence-electron chi connectivity index (χ2n) is 2.91. The zero-order chi connectivity index (χ0) is 10.1. The Balaban J connectivity index is 2.22. The molecule has 0 spiro atoms. The van der Waals surface area contributed by atoms with Crippen LogP contribution >= 0.6 is 0 Å². The summed E-state index contributed by atoms with van der Waals surface area (Å²) in [5.41, 5.74) is 6.35. The Bertz CT molecular complexity index is 440. The number of nitrogens with two attached hydrogens (primary N) is 1. The van der Waals surface area contributed by atoms with Gasteiger partial charge in [0.25, 0.3) is 0 Å². The summed E-state index contributed by atoms with van der Waals surface area (Å²) < 4.78 is 1.63. The Hall–Kier alpha value is -1.99. The molecule has 2 aromatic heterocycles. The van der Waals surface area contributed by atoms with E-state index in [2.05, 4.69) is 25.7 Å². The zero-order valence-electron chi connectivity index (χ0n) is 7.91. The van der Waals surface area contributed by atoms with Gasteiger partial charge in [-0.25, -0.2) is 4.68 Å². The van der Waals surface area contributed by atoms with E-state index in [1.807, 2.05) is 6.92 Å². The summed E-state index contributed by atoms with van der Waals surface area (Å²) in [7, 11) is 1.71. The van der Waals surface area contributed by atoms with E-state index >= 15 is 0 Å². The van der Waals surface area contributed by atoms with Crippen molar-refractivity contribution in [3.05, 3.63) is 11.5 Å². The minimum Gasteiger partial charge on any atom is -0.381 e. The lowest BCUT2D eigenvalue weighted by Crippen LogP contribution is -2.06. The Morgan fingerprint density at radius 3 is 2.57 bits per heavy atom. The van der Waals surface area contributed by atoms with Gasteiger partial charge in [-0.05, 0) is 12.1 Å². The van der Waals surface area contributed by atoms with E-state index in [0.29, 0.717) is 18.2 Å². The molecule has 0 amide bonds. The van der Waals surface area contributed by atoms with E-state index in [0.717, 1.165) is 5.69 Å². The summed E-state index contributed by atoms with van der Waals surface area (Å²) in [6.45, 7) is 2.27. The maximum Gasteiger partial charge on any atom is 0.196 e. The highest BCUT2D eigenvalue weighted by atomic mass is 15.6. The van der Waals surface area contributed by atoms with Crippen LogP contribution in [0.4, 0.5) is 5.82 Å². The van der Waals surface area contributed by atoms with E-state index in [1.165, 1.54) is 4.80 Å². The Kier molecular flexibility index (Phi) is 1.88. The number of rotatable bonds is 2. The van der Waals surface area contributed by atoms with Gasteiger partial charge in [0.15, 0.2) is 11.6 Å². The molecule has 2 aromatic rings. The molecule has 0 saturated heterocycles. The summed E-state index contributed by atoms with van der Waals surface area (Å²) >= 11 is 0. The van der Waals surface area contributed by atoms with Gasteiger partial charge in [-0.1, -0.05) is 5.21 Å². The maximum atomic E-state index is 5.54. The van der Waals surface area contributed by atoms with Crippen LogP contribution in [0.1, 0.15) is 11.5 Å². The van der Waals surface area contributed by atoms with Crippen molar-refractivity contribution in [2.24, 2.45) is 7.05 Å². The van der Waals surface area contributed by atoms with Crippen LogP contribution in [0.15, 0.2) is 0 Å². The Morgan fingerprint density at radius 1 is 1.29 bits per heavy atom. The van der Waals surface area contributed by atoms with Crippen LogP contribution in [0.25, 0.3) is 0 Å². The highest BCUT2D eigenvalue weighted by Gasteiger charge is 2.08. The van der Waals surface area contributed by atoms with E-state index in [-0.39, 0.29) is 0 Å². The van der Waals surface area contributed by atoms with E-state index in [1.54, 1.807) is 11.7 Å². The van der Waals surface area contributed by atoms with Crippen LogP contribution in [-0.4, -0.2) is 35.2 Å². The number of nitrogen functional groups attached to an aromatic ring is 1. The van der Waals surface area contributed by atoms with Gasteiger partial charge in [0, 0.05) is 0 Å². The first kappa shape index (κ1) is 8.60. The molecular weight excluding hydrogens is 184 g/mol. The van der Waals surface area contributed by atoms with E-state index in [4.69, 9.17) is 5.73 Å². The van der Waals surface area contributed by atoms with Crippen molar-refractivity contribution in [2.45, 2.75) is 13.5 Å². The lowest BCUT2D eigenvalue weighted by molar-refractivity contribution is 0.598. The number of nitrogens with zero attached hydrogens (tertiary/aromatic N) is 7. The van der Waals surface area contributed by atoms with Crippen molar-refractivity contribution >= 4 is 5.82 Å². The van der Waals surface area contributed by atoms with Crippen molar-refractivity contribution in [3.8, 4) is 0 Å². The first-order valence-electron chi connectivity index (χ1n) is 4.05. The molecule has 0 saturated carbocycles. The van der Waals surface area contributed by atoms with Gasteiger partial charge in [-0.2, -0.15) is 4.80 Å². The third kappa shape index (κ3) is 1.41. The minimum atomic E-state index is 0.425. The van der Waals surface area contributed by atoms with Crippen LogP contribution in [0, 0.1) is 6.92 Å². The van der Waals surface area contributed by atoms with Crippen LogP contribution < -0.4 is 5.73 Å². The van der Waals surface area contributed by atoms with Gasteiger partial charge in [-0.15, -0.1) is 15.3 Å². The predicted molar refractivity (Wildman–Crippen MR) is 47.1 cm³/mol. The monoisotopic (exact) mass is 194 g/mol. The summed E-state index contributed by atoms with van der Waals surface area (Å²) in [4.78, 5) is 1.39. The molecular formula is C6H10N8. The standard InChI is InChI=1S/C6H10N8/c1-4-6(7)9-12-14(4)3-5-8-11-13(2)10-5/h3,7H2,1-2H3. The topological polar surface area (TPSA) is 100 Å². The highest BCUT2D eigenvalue weighted by molar-refractivity contribution is 5.31. The Labute approximate surface area is 79.7 Å². The van der Waals surface area contributed by atoms with Crippen LogP contribution in [-0.2, 0) is 13.6 Å². The largest absolute Gasteiger partial charge is 0.381 e. The van der Waals surface area contributed by atoms with Crippen LogP contribution in [0.2, 0.25) is 0 Å². The smallest absolute Gasteiger partial charge is 0.196 e. The summed E-state index contributed by atoms with van der Waals surface area (Å²) in [5, 5.41) is 19.1. The molecule has 0 fully saturated rings. The average molecular weight is 194 g/mol. The van der Waals surface area contributed by atoms with Crippen molar-refractivity contribution in [2.75, 3.05) is 5.73 Å². The zero-order valence-corrected chi connectivity index (χ0v) is 7.91. The first-order valence-corrected chi connectivity index (χ1v) is 4.05. The second-order valence-corrected chi connectivity index (χ2v) is 2.91. The minimum absolute atomic E-state index is 0.425. The fourth-order valence-corrected chi connectivity index (χ4v) is 1.04. The first-order chi connectivity index (χ1) is 6.66. The predicted octanol–water partition coefficient (Wildman–Crippen LogP) is -1.26. The molecule has 0 aliphatic carbocycles. The van der Waals surface area contributed by atoms with Gasteiger partial charge < -0.3 is 5.73 Å². The van der Waals surface area contributed by atoms with Gasteiger partial charge in [0.2, 0.25) is 0 Å². The molecule has 0 radical (unpaired) electrons. The van der Waals surface area contributed by atoms with E-state index in [9.17, 15) is 0 Å². The molecule has 8 nitrogen and oxygen atoms in total. The molecule has 8 heteroatoms. The summed E-state index contributed by atoms with van der Waals surface area (Å²) in [6, 6.07) is 0. The normalized spacial score (nSPS) is 10.7. The lowest BCUT2D eigenvalue weighted by atomic mass is 10.4. The molecule has 14 heavy (non-hydrogen) atoms. The highest BCUT2D eigenvalue weighted by Crippen LogP contribution is 2.05. The molecule has 2 N–H and O–H groups in total. The van der Waals surface area contributed by atoms with Crippen molar-refractivity contribution < 1.29 is 0 Å². The van der Waals surface area contributed by atoms with Crippen molar-refractivity contribution in [1.29, 1.82) is 0 Å². The van der Waals surface area contributed by atoms with Crippen molar-refractivity contribution in [1.82, 2.24) is 35.2 Å². The molecule has 74 valence electrons.